The minimum Gasteiger partial charge on any atom is -0.491 e. The van der Waals surface area contributed by atoms with E-state index in [1.165, 1.54) is 6.20 Å². The van der Waals surface area contributed by atoms with E-state index in [0.29, 0.717) is 19.0 Å². The molecule has 2 rings (SSSR count). The SMILES string of the molecule is COCCOc1ccc2cnc(=O)[nH]c2c1. The van der Waals surface area contributed by atoms with Crippen LogP contribution in [0, 0.1) is 0 Å². The summed E-state index contributed by atoms with van der Waals surface area (Å²) in [5.74, 6) is 0.700. The molecule has 0 saturated heterocycles. The molecule has 1 aromatic heterocycles. The number of methoxy groups -OCH3 is 1. The average molecular weight is 220 g/mol. The highest BCUT2D eigenvalue weighted by atomic mass is 16.5. The number of hydrogen-bond acceptors (Lipinski definition) is 4. The number of benzene rings is 1. The maximum atomic E-state index is 11.0. The highest BCUT2D eigenvalue weighted by Gasteiger charge is 1.98. The lowest BCUT2D eigenvalue weighted by atomic mass is 10.2. The van der Waals surface area contributed by atoms with E-state index in [4.69, 9.17) is 9.47 Å². The van der Waals surface area contributed by atoms with Crippen LogP contribution >= 0.6 is 0 Å². The number of ether oxygens (including phenoxy) is 2. The van der Waals surface area contributed by atoms with E-state index in [1.54, 1.807) is 13.2 Å². The zero-order valence-corrected chi connectivity index (χ0v) is 8.90. The molecule has 2 aromatic rings. The van der Waals surface area contributed by atoms with Gasteiger partial charge in [0.15, 0.2) is 0 Å². The van der Waals surface area contributed by atoms with Gasteiger partial charge in [-0.15, -0.1) is 0 Å². The quantitative estimate of drug-likeness (QED) is 0.779. The van der Waals surface area contributed by atoms with Crippen molar-refractivity contribution in [3.05, 3.63) is 34.9 Å². The Bertz CT molecular complexity index is 536. The lowest BCUT2D eigenvalue weighted by Gasteiger charge is -2.05. The van der Waals surface area contributed by atoms with Gasteiger partial charge >= 0.3 is 5.69 Å². The molecule has 0 radical (unpaired) electrons. The van der Waals surface area contributed by atoms with Crippen LogP contribution in [0.25, 0.3) is 10.9 Å². The molecule has 16 heavy (non-hydrogen) atoms. The van der Waals surface area contributed by atoms with Crippen LogP contribution in [0.1, 0.15) is 0 Å². The minimum atomic E-state index is -0.360. The Kier molecular flexibility index (Phi) is 3.16. The van der Waals surface area contributed by atoms with Gasteiger partial charge in [-0.25, -0.2) is 9.78 Å². The van der Waals surface area contributed by atoms with Gasteiger partial charge in [-0.1, -0.05) is 0 Å². The van der Waals surface area contributed by atoms with Gasteiger partial charge < -0.3 is 14.5 Å². The first-order chi connectivity index (χ1) is 7.79. The maximum absolute atomic E-state index is 11.0. The molecule has 0 bridgehead atoms. The smallest absolute Gasteiger partial charge is 0.345 e. The van der Waals surface area contributed by atoms with Crippen molar-refractivity contribution in [1.82, 2.24) is 9.97 Å². The third-order valence-electron chi connectivity index (χ3n) is 2.14. The zero-order valence-electron chi connectivity index (χ0n) is 8.90. The predicted molar refractivity (Wildman–Crippen MR) is 59.7 cm³/mol. The molecular weight excluding hydrogens is 208 g/mol. The predicted octanol–water partition coefficient (Wildman–Crippen LogP) is 0.948. The number of rotatable bonds is 4. The number of nitrogens with one attached hydrogen (secondary N) is 1. The Morgan fingerprint density at radius 2 is 2.25 bits per heavy atom. The monoisotopic (exact) mass is 220 g/mol. The number of aromatic nitrogens is 2. The molecule has 1 N–H and O–H groups in total. The Balaban J connectivity index is 2.25. The molecule has 0 unspecified atom stereocenters. The second-order valence-electron chi connectivity index (χ2n) is 3.28. The Hall–Kier alpha value is -1.88. The van der Waals surface area contributed by atoms with Gasteiger partial charge in [0.1, 0.15) is 12.4 Å². The molecule has 0 atom stereocenters. The highest BCUT2D eigenvalue weighted by molar-refractivity contribution is 5.78. The van der Waals surface area contributed by atoms with Crippen LogP contribution in [0.5, 0.6) is 5.75 Å². The van der Waals surface area contributed by atoms with Crippen LogP contribution in [0.2, 0.25) is 0 Å². The molecule has 5 heteroatoms. The molecule has 0 aliphatic rings. The van der Waals surface area contributed by atoms with Gasteiger partial charge in [-0.3, -0.25) is 0 Å². The maximum Gasteiger partial charge on any atom is 0.345 e. The fraction of sp³-hybridized carbons (Fsp3) is 0.273. The van der Waals surface area contributed by atoms with E-state index in [-0.39, 0.29) is 5.69 Å². The van der Waals surface area contributed by atoms with Gasteiger partial charge in [0.2, 0.25) is 0 Å². The summed E-state index contributed by atoms with van der Waals surface area (Å²) in [7, 11) is 1.62. The highest BCUT2D eigenvalue weighted by Crippen LogP contribution is 2.17. The van der Waals surface area contributed by atoms with Crippen LogP contribution in [-0.2, 0) is 4.74 Å². The molecular formula is C11H12N2O3. The first kappa shape index (κ1) is 10.6. The second kappa shape index (κ2) is 4.76. The molecule has 1 heterocycles. The van der Waals surface area contributed by atoms with E-state index in [0.717, 1.165) is 10.9 Å². The molecule has 0 aliphatic heterocycles. The third-order valence-corrected chi connectivity index (χ3v) is 2.14. The number of hydrogen-bond donors (Lipinski definition) is 1. The van der Waals surface area contributed by atoms with Gasteiger partial charge in [0.05, 0.1) is 12.1 Å². The van der Waals surface area contributed by atoms with Crippen LogP contribution in [0.15, 0.2) is 29.2 Å². The summed E-state index contributed by atoms with van der Waals surface area (Å²) in [5, 5.41) is 0.874. The van der Waals surface area contributed by atoms with Crippen LogP contribution < -0.4 is 10.4 Å². The lowest BCUT2D eigenvalue weighted by Crippen LogP contribution is -2.09. The number of H-pyrrole nitrogens is 1. The summed E-state index contributed by atoms with van der Waals surface area (Å²) in [6.07, 6.45) is 1.53. The summed E-state index contributed by atoms with van der Waals surface area (Å²) >= 11 is 0. The van der Waals surface area contributed by atoms with Crippen molar-refractivity contribution in [3.63, 3.8) is 0 Å². The van der Waals surface area contributed by atoms with Crippen LogP contribution in [0.3, 0.4) is 0 Å². The summed E-state index contributed by atoms with van der Waals surface area (Å²) in [6.45, 7) is 1.02. The summed E-state index contributed by atoms with van der Waals surface area (Å²) in [5.41, 5.74) is 0.358. The standard InChI is InChI=1S/C11H12N2O3/c1-15-4-5-16-9-3-2-8-7-12-11(14)13-10(8)6-9/h2-3,6-7H,4-5H2,1H3,(H,12,13,14). The topological polar surface area (TPSA) is 64.2 Å². The summed E-state index contributed by atoms with van der Waals surface area (Å²) in [6, 6.07) is 5.45. The van der Waals surface area contributed by atoms with E-state index >= 15 is 0 Å². The van der Waals surface area contributed by atoms with Crippen LogP contribution in [0.4, 0.5) is 0 Å². The van der Waals surface area contributed by atoms with Gasteiger partial charge in [0, 0.05) is 24.8 Å². The van der Waals surface area contributed by atoms with Crippen molar-refractivity contribution in [1.29, 1.82) is 0 Å². The Morgan fingerprint density at radius 1 is 1.38 bits per heavy atom. The van der Waals surface area contributed by atoms with Gasteiger partial charge in [-0.05, 0) is 12.1 Å². The first-order valence-corrected chi connectivity index (χ1v) is 4.90. The molecule has 5 nitrogen and oxygen atoms in total. The molecule has 0 saturated carbocycles. The number of aromatic amines is 1. The van der Waals surface area contributed by atoms with E-state index in [1.807, 2.05) is 12.1 Å². The van der Waals surface area contributed by atoms with E-state index < -0.39 is 0 Å². The van der Waals surface area contributed by atoms with Crippen molar-refractivity contribution in [3.8, 4) is 5.75 Å². The Labute approximate surface area is 92.0 Å². The first-order valence-electron chi connectivity index (χ1n) is 4.90. The number of nitrogens with zero attached hydrogens (tertiary/aromatic N) is 1. The third kappa shape index (κ3) is 2.38. The fourth-order valence-corrected chi connectivity index (χ4v) is 1.36. The van der Waals surface area contributed by atoms with E-state index in [2.05, 4.69) is 9.97 Å². The van der Waals surface area contributed by atoms with Crippen molar-refractivity contribution in [2.24, 2.45) is 0 Å². The molecule has 1 aromatic carbocycles. The molecule has 0 fully saturated rings. The largest absolute Gasteiger partial charge is 0.491 e. The molecule has 84 valence electrons. The van der Waals surface area contributed by atoms with Gasteiger partial charge in [-0.2, -0.15) is 0 Å². The Morgan fingerprint density at radius 3 is 3.06 bits per heavy atom. The summed E-state index contributed by atoms with van der Waals surface area (Å²) < 4.78 is 10.3. The van der Waals surface area contributed by atoms with Gasteiger partial charge in [0.25, 0.3) is 0 Å². The normalized spacial score (nSPS) is 10.6. The average Bonchev–Trinajstić information content (AvgIpc) is 2.29. The van der Waals surface area contributed by atoms with Crippen molar-refractivity contribution in [2.45, 2.75) is 0 Å². The second-order valence-corrected chi connectivity index (χ2v) is 3.28. The summed E-state index contributed by atoms with van der Waals surface area (Å²) in [4.78, 5) is 17.3. The molecule has 0 aliphatic carbocycles. The van der Waals surface area contributed by atoms with Crippen molar-refractivity contribution in [2.75, 3.05) is 20.3 Å². The van der Waals surface area contributed by atoms with Crippen molar-refractivity contribution >= 4 is 10.9 Å². The van der Waals surface area contributed by atoms with Crippen LogP contribution in [-0.4, -0.2) is 30.3 Å². The lowest BCUT2D eigenvalue weighted by molar-refractivity contribution is 0.146. The zero-order chi connectivity index (χ0) is 11.4. The van der Waals surface area contributed by atoms with E-state index in [9.17, 15) is 4.79 Å². The molecule has 0 spiro atoms. The fourth-order valence-electron chi connectivity index (χ4n) is 1.36. The minimum absolute atomic E-state index is 0.360. The molecule has 0 amide bonds. The number of fused-ring (bicyclic) bond motifs is 1. The van der Waals surface area contributed by atoms with Crippen molar-refractivity contribution < 1.29 is 9.47 Å².